The summed E-state index contributed by atoms with van der Waals surface area (Å²) < 4.78 is 13.1. The topological polar surface area (TPSA) is 44.1 Å². The fraction of sp³-hybridized carbons (Fsp3) is 0.467. The van der Waals surface area contributed by atoms with Crippen LogP contribution in [0.2, 0.25) is 0 Å². The highest BCUT2D eigenvalue weighted by Crippen LogP contribution is 2.28. The molecule has 0 atom stereocenters. The molecule has 19 heavy (non-hydrogen) atoms. The molecule has 0 fully saturated rings. The second-order valence-corrected chi connectivity index (χ2v) is 4.69. The summed E-state index contributed by atoms with van der Waals surface area (Å²) >= 11 is 0. The van der Waals surface area contributed by atoms with Crippen LogP contribution in [0.3, 0.4) is 0 Å². The van der Waals surface area contributed by atoms with Gasteiger partial charge in [0.25, 0.3) is 0 Å². The van der Waals surface area contributed by atoms with Crippen molar-refractivity contribution in [2.45, 2.75) is 33.2 Å². The number of amides is 1. The maximum absolute atomic E-state index is 13.1. The lowest BCUT2D eigenvalue weighted by atomic mass is 9.82. The van der Waals surface area contributed by atoms with Crippen molar-refractivity contribution < 1.29 is 9.18 Å². The van der Waals surface area contributed by atoms with E-state index in [-0.39, 0.29) is 11.7 Å². The van der Waals surface area contributed by atoms with Crippen LogP contribution in [-0.2, 0) is 11.3 Å². The minimum atomic E-state index is -0.970. The number of carbonyl (C=O) groups excluding carboxylic acids is 1. The van der Waals surface area contributed by atoms with E-state index in [2.05, 4.69) is 6.07 Å². The lowest BCUT2D eigenvalue weighted by Gasteiger charge is -2.28. The fourth-order valence-corrected chi connectivity index (χ4v) is 2.10. The van der Waals surface area contributed by atoms with E-state index in [1.54, 1.807) is 19.2 Å². The van der Waals surface area contributed by atoms with Gasteiger partial charge in [-0.1, -0.05) is 26.0 Å². The van der Waals surface area contributed by atoms with Gasteiger partial charge in [-0.25, -0.2) is 4.39 Å². The van der Waals surface area contributed by atoms with Gasteiger partial charge in [0.15, 0.2) is 0 Å². The van der Waals surface area contributed by atoms with Gasteiger partial charge in [-0.05, 0) is 30.5 Å². The third kappa shape index (κ3) is 3.31. The van der Waals surface area contributed by atoms with E-state index in [9.17, 15) is 14.4 Å². The van der Waals surface area contributed by atoms with Crippen LogP contribution in [0, 0.1) is 22.6 Å². The highest BCUT2D eigenvalue weighted by molar-refractivity contribution is 5.85. The molecule has 1 rings (SSSR count). The van der Waals surface area contributed by atoms with E-state index in [1.807, 2.05) is 13.8 Å². The second-order valence-electron chi connectivity index (χ2n) is 4.69. The molecule has 0 aliphatic carbocycles. The summed E-state index contributed by atoms with van der Waals surface area (Å²) in [6.07, 6.45) is 0.957. The Labute approximate surface area is 113 Å². The molecule has 0 saturated carbocycles. The van der Waals surface area contributed by atoms with Gasteiger partial charge in [-0.3, -0.25) is 4.79 Å². The van der Waals surface area contributed by atoms with Crippen LogP contribution < -0.4 is 0 Å². The van der Waals surface area contributed by atoms with Gasteiger partial charge in [0.05, 0.1) is 6.07 Å². The minimum absolute atomic E-state index is 0.204. The summed E-state index contributed by atoms with van der Waals surface area (Å²) in [5.74, 6) is -0.528. The first-order chi connectivity index (χ1) is 8.99. The Morgan fingerprint density at radius 1 is 1.42 bits per heavy atom. The number of hydrogen-bond acceptors (Lipinski definition) is 2. The highest BCUT2D eigenvalue weighted by Gasteiger charge is 2.37. The maximum atomic E-state index is 13.1. The summed E-state index contributed by atoms with van der Waals surface area (Å²) in [5, 5.41) is 9.25. The van der Waals surface area contributed by atoms with Crippen LogP contribution in [0.1, 0.15) is 32.3 Å². The van der Waals surface area contributed by atoms with Crippen molar-refractivity contribution in [3.8, 4) is 6.07 Å². The quantitative estimate of drug-likeness (QED) is 0.818. The molecule has 0 saturated heterocycles. The molecule has 0 unspecified atom stereocenters. The zero-order valence-corrected chi connectivity index (χ0v) is 11.6. The number of nitrogens with zero attached hydrogens (tertiary/aromatic N) is 2. The molecule has 3 nitrogen and oxygen atoms in total. The standard InChI is InChI=1S/C15H19FN2O/c1-4-15(5-2,11-17)14(19)18(3)10-12-7-6-8-13(16)9-12/h6-9H,4-5,10H2,1-3H3. The number of nitriles is 1. The molecular weight excluding hydrogens is 243 g/mol. The van der Waals surface area contributed by atoms with Gasteiger partial charge in [-0.2, -0.15) is 5.26 Å². The van der Waals surface area contributed by atoms with Crippen molar-refractivity contribution in [1.82, 2.24) is 4.90 Å². The van der Waals surface area contributed by atoms with Gasteiger partial charge < -0.3 is 4.90 Å². The molecule has 0 bridgehead atoms. The Morgan fingerprint density at radius 3 is 2.53 bits per heavy atom. The molecule has 0 aliphatic rings. The van der Waals surface area contributed by atoms with Gasteiger partial charge in [0, 0.05) is 13.6 Å². The fourth-order valence-electron chi connectivity index (χ4n) is 2.10. The Kier molecular flexibility index (Phi) is 5.05. The average molecular weight is 262 g/mol. The van der Waals surface area contributed by atoms with Crippen molar-refractivity contribution in [2.75, 3.05) is 7.05 Å². The van der Waals surface area contributed by atoms with Crippen LogP contribution in [-0.4, -0.2) is 17.9 Å². The molecule has 0 aliphatic heterocycles. The van der Waals surface area contributed by atoms with E-state index < -0.39 is 5.41 Å². The molecule has 1 aromatic rings. The maximum Gasteiger partial charge on any atom is 0.243 e. The van der Waals surface area contributed by atoms with Crippen LogP contribution >= 0.6 is 0 Å². The summed E-state index contributed by atoms with van der Waals surface area (Å²) in [5.41, 5.74) is -0.253. The Bertz CT molecular complexity index is 489. The van der Waals surface area contributed by atoms with E-state index >= 15 is 0 Å². The Morgan fingerprint density at radius 2 is 2.05 bits per heavy atom. The number of rotatable bonds is 5. The molecule has 102 valence electrons. The monoisotopic (exact) mass is 262 g/mol. The zero-order valence-electron chi connectivity index (χ0n) is 11.6. The van der Waals surface area contributed by atoms with Crippen LogP contribution in [0.15, 0.2) is 24.3 Å². The molecule has 0 spiro atoms. The SMILES string of the molecule is CCC(C#N)(CC)C(=O)N(C)Cc1cccc(F)c1. The van der Waals surface area contributed by atoms with Crippen molar-refractivity contribution in [3.05, 3.63) is 35.6 Å². The summed E-state index contributed by atoms with van der Waals surface area (Å²) in [4.78, 5) is 13.8. The second kappa shape index (κ2) is 6.33. The van der Waals surface area contributed by atoms with Gasteiger partial charge in [0.1, 0.15) is 11.2 Å². The lowest BCUT2D eigenvalue weighted by Crippen LogP contribution is -2.40. The predicted molar refractivity (Wildman–Crippen MR) is 71.5 cm³/mol. The molecule has 0 aromatic heterocycles. The number of halogens is 1. The Balaban J connectivity index is 2.86. The average Bonchev–Trinajstić information content (AvgIpc) is 2.41. The van der Waals surface area contributed by atoms with Crippen LogP contribution in [0.25, 0.3) is 0 Å². The summed E-state index contributed by atoms with van der Waals surface area (Å²) in [6.45, 7) is 3.97. The van der Waals surface area contributed by atoms with Crippen molar-refractivity contribution in [1.29, 1.82) is 5.26 Å². The molecular formula is C15H19FN2O. The molecule has 1 aromatic carbocycles. The molecule has 0 radical (unpaired) electrons. The smallest absolute Gasteiger partial charge is 0.243 e. The van der Waals surface area contributed by atoms with E-state index in [0.717, 1.165) is 5.56 Å². The number of carbonyl (C=O) groups is 1. The largest absolute Gasteiger partial charge is 0.340 e. The van der Waals surface area contributed by atoms with E-state index in [1.165, 1.54) is 17.0 Å². The zero-order chi connectivity index (χ0) is 14.5. The third-order valence-electron chi connectivity index (χ3n) is 3.49. The molecule has 0 N–H and O–H groups in total. The van der Waals surface area contributed by atoms with Crippen LogP contribution in [0.4, 0.5) is 4.39 Å². The minimum Gasteiger partial charge on any atom is -0.340 e. The first-order valence-corrected chi connectivity index (χ1v) is 6.40. The third-order valence-corrected chi connectivity index (χ3v) is 3.49. The van der Waals surface area contributed by atoms with Crippen LogP contribution in [0.5, 0.6) is 0 Å². The van der Waals surface area contributed by atoms with Crippen molar-refractivity contribution in [3.63, 3.8) is 0 Å². The number of hydrogen-bond donors (Lipinski definition) is 0. The van der Waals surface area contributed by atoms with Gasteiger partial charge >= 0.3 is 0 Å². The van der Waals surface area contributed by atoms with E-state index in [4.69, 9.17) is 0 Å². The van der Waals surface area contributed by atoms with Crippen molar-refractivity contribution >= 4 is 5.91 Å². The summed E-state index contributed by atoms with van der Waals surface area (Å²) in [6, 6.07) is 8.26. The molecule has 4 heteroatoms. The Hall–Kier alpha value is -1.89. The first-order valence-electron chi connectivity index (χ1n) is 6.40. The molecule has 0 heterocycles. The predicted octanol–water partition coefficient (Wildman–Crippen LogP) is 3.11. The summed E-state index contributed by atoms with van der Waals surface area (Å²) in [7, 11) is 1.64. The van der Waals surface area contributed by atoms with E-state index in [0.29, 0.717) is 19.4 Å². The van der Waals surface area contributed by atoms with Gasteiger partial charge in [-0.15, -0.1) is 0 Å². The van der Waals surface area contributed by atoms with Gasteiger partial charge in [0.2, 0.25) is 5.91 Å². The molecule has 1 amide bonds. The lowest BCUT2D eigenvalue weighted by molar-refractivity contribution is -0.138. The normalized spacial score (nSPS) is 10.9. The first kappa shape index (κ1) is 15.2. The van der Waals surface area contributed by atoms with Crippen molar-refractivity contribution in [2.24, 2.45) is 5.41 Å². The highest BCUT2D eigenvalue weighted by atomic mass is 19.1. The number of benzene rings is 1.